The van der Waals surface area contributed by atoms with Crippen LogP contribution in [0.15, 0.2) is 79.0 Å². The van der Waals surface area contributed by atoms with Gasteiger partial charge in [0.15, 0.2) is 0 Å². The van der Waals surface area contributed by atoms with E-state index in [1.807, 2.05) is 49.3 Å². The fourth-order valence-electron chi connectivity index (χ4n) is 2.88. The number of rotatable bonds is 6. The predicted molar refractivity (Wildman–Crippen MR) is 116 cm³/mol. The van der Waals surface area contributed by atoms with Crippen molar-refractivity contribution in [3.05, 3.63) is 102 Å². The van der Waals surface area contributed by atoms with Crippen LogP contribution in [-0.4, -0.2) is 29.8 Å². The molecule has 0 spiro atoms. The SMILES string of the molecule is CN(C)c1ccnc(-c2[c-]c(Oc3cccc(C(=O)c4[c-]cccc4)n3)ccc2)c1.[Pt+2]. The molecule has 0 atom stereocenters. The minimum atomic E-state index is -0.205. The zero-order valence-electron chi connectivity index (χ0n) is 17.0. The standard InChI is InChI=1S/C25H19N3O2.Pt/c1-28(2)20-14-15-26-23(17-20)19-10-6-11-21(16-19)30-24-13-7-12-22(27-24)25(29)18-8-4-3-5-9-18;/h3-8,10-15,17H,1-2H3;/q-2;+2. The van der Waals surface area contributed by atoms with E-state index in [9.17, 15) is 4.79 Å². The van der Waals surface area contributed by atoms with Gasteiger partial charge in [0.1, 0.15) is 5.78 Å². The van der Waals surface area contributed by atoms with Crippen LogP contribution in [0, 0.1) is 12.1 Å². The van der Waals surface area contributed by atoms with E-state index in [1.54, 1.807) is 48.7 Å². The molecule has 0 radical (unpaired) electrons. The van der Waals surface area contributed by atoms with E-state index in [-0.39, 0.29) is 26.8 Å². The first-order valence-electron chi connectivity index (χ1n) is 9.42. The molecule has 0 aliphatic carbocycles. The summed E-state index contributed by atoms with van der Waals surface area (Å²) in [7, 11) is 3.96. The first-order chi connectivity index (χ1) is 14.6. The van der Waals surface area contributed by atoms with Gasteiger partial charge in [-0.15, -0.1) is 59.7 Å². The molecule has 0 aliphatic rings. The number of carbonyl (C=O) groups is 1. The van der Waals surface area contributed by atoms with Gasteiger partial charge in [-0.05, 0) is 17.8 Å². The molecule has 0 saturated carbocycles. The molecular formula is C25H19N3O2Pt. The second-order valence-electron chi connectivity index (χ2n) is 6.79. The minimum Gasteiger partial charge on any atom is -0.459 e. The Labute approximate surface area is 196 Å². The summed E-state index contributed by atoms with van der Waals surface area (Å²) in [6.45, 7) is 0. The Hall–Kier alpha value is -3.30. The van der Waals surface area contributed by atoms with Gasteiger partial charge in [-0.25, -0.2) is 4.98 Å². The van der Waals surface area contributed by atoms with Crippen molar-refractivity contribution in [3.8, 4) is 22.9 Å². The average molecular weight is 589 g/mol. The second-order valence-corrected chi connectivity index (χ2v) is 6.79. The molecule has 2 heterocycles. The van der Waals surface area contributed by atoms with Gasteiger partial charge in [0, 0.05) is 37.8 Å². The van der Waals surface area contributed by atoms with E-state index >= 15 is 0 Å². The smallest absolute Gasteiger partial charge is 0.459 e. The van der Waals surface area contributed by atoms with Crippen LogP contribution in [0.4, 0.5) is 5.69 Å². The Bertz CT molecular complexity index is 1180. The molecular weight excluding hydrogens is 569 g/mol. The van der Waals surface area contributed by atoms with Gasteiger partial charge in [0.2, 0.25) is 5.88 Å². The normalized spacial score (nSPS) is 10.1. The number of anilines is 1. The maximum absolute atomic E-state index is 12.6. The molecule has 31 heavy (non-hydrogen) atoms. The van der Waals surface area contributed by atoms with Crippen LogP contribution in [0.3, 0.4) is 0 Å². The number of nitrogens with zero attached hydrogens (tertiary/aromatic N) is 3. The number of hydrogen-bond acceptors (Lipinski definition) is 5. The minimum absolute atomic E-state index is 0. The van der Waals surface area contributed by atoms with E-state index in [0.29, 0.717) is 22.9 Å². The summed E-state index contributed by atoms with van der Waals surface area (Å²) in [6, 6.07) is 27.8. The quantitative estimate of drug-likeness (QED) is 0.239. The van der Waals surface area contributed by atoms with Crippen LogP contribution in [0.25, 0.3) is 11.3 Å². The number of ketones is 1. The van der Waals surface area contributed by atoms with Gasteiger partial charge in [-0.3, -0.25) is 0 Å². The summed E-state index contributed by atoms with van der Waals surface area (Å²) in [4.78, 5) is 23.4. The Balaban J connectivity index is 0.00000272. The van der Waals surface area contributed by atoms with Crippen molar-refractivity contribution >= 4 is 11.5 Å². The molecule has 0 saturated heterocycles. The molecule has 0 N–H and O–H groups in total. The van der Waals surface area contributed by atoms with Crippen molar-refractivity contribution in [1.82, 2.24) is 9.97 Å². The van der Waals surface area contributed by atoms with E-state index in [1.165, 1.54) is 0 Å². The predicted octanol–water partition coefficient (Wildman–Crippen LogP) is 4.83. The molecule has 156 valence electrons. The third-order valence-corrected chi connectivity index (χ3v) is 4.43. The monoisotopic (exact) mass is 588 g/mol. The van der Waals surface area contributed by atoms with Crippen molar-refractivity contribution < 1.29 is 30.6 Å². The average Bonchev–Trinajstić information content (AvgIpc) is 2.79. The third-order valence-electron chi connectivity index (χ3n) is 4.43. The maximum atomic E-state index is 12.6. The fourth-order valence-corrected chi connectivity index (χ4v) is 2.88. The first-order valence-corrected chi connectivity index (χ1v) is 9.42. The van der Waals surface area contributed by atoms with Crippen molar-refractivity contribution in [2.75, 3.05) is 19.0 Å². The molecule has 4 rings (SSSR count). The summed E-state index contributed by atoms with van der Waals surface area (Å²) >= 11 is 0. The largest absolute Gasteiger partial charge is 2.00 e. The van der Waals surface area contributed by atoms with Crippen molar-refractivity contribution in [1.29, 1.82) is 0 Å². The zero-order chi connectivity index (χ0) is 20.9. The van der Waals surface area contributed by atoms with Gasteiger partial charge >= 0.3 is 21.1 Å². The molecule has 0 fully saturated rings. The van der Waals surface area contributed by atoms with E-state index in [2.05, 4.69) is 22.1 Å². The number of aromatic nitrogens is 2. The third kappa shape index (κ3) is 5.44. The van der Waals surface area contributed by atoms with E-state index in [4.69, 9.17) is 4.74 Å². The number of carbonyl (C=O) groups excluding carboxylic acids is 1. The van der Waals surface area contributed by atoms with Crippen LogP contribution in [0.5, 0.6) is 11.6 Å². The Morgan fingerprint density at radius 1 is 1.00 bits per heavy atom. The number of pyridine rings is 2. The molecule has 2 aromatic heterocycles. The summed E-state index contributed by atoms with van der Waals surface area (Å²) in [5, 5.41) is 0. The van der Waals surface area contributed by atoms with Gasteiger partial charge < -0.3 is 19.4 Å². The molecule has 0 aliphatic heterocycles. The number of ether oxygens (including phenoxy) is 1. The Kier molecular flexibility index (Phi) is 7.32. The number of benzene rings is 2. The van der Waals surface area contributed by atoms with Gasteiger partial charge in [-0.1, -0.05) is 18.2 Å². The molecule has 0 bridgehead atoms. The van der Waals surface area contributed by atoms with Gasteiger partial charge in [-0.2, -0.15) is 0 Å². The zero-order valence-corrected chi connectivity index (χ0v) is 19.3. The summed E-state index contributed by atoms with van der Waals surface area (Å²) in [5.74, 6) is 0.608. The number of hydrogen-bond donors (Lipinski definition) is 0. The Morgan fingerprint density at radius 2 is 1.84 bits per heavy atom. The van der Waals surface area contributed by atoms with Gasteiger partial charge in [0.25, 0.3) is 0 Å². The summed E-state index contributed by atoms with van der Waals surface area (Å²) in [5.41, 5.74) is 3.41. The molecule has 4 aromatic rings. The van der Waals surface area contributed by atoms with Crippen LogP contribution >= 0.6 is 0 Å². The van der Waals surface area contributed by atoms with Gasteiger partial charge in [0.05, 0.1) is 5.69 Å². The molecule has 0 amide bonds. The van der Waals surface area contributed by atoms with E-state index in [0.717, 1.165) is 16.9 Å². The van der Waals surface area contributed by atoms with E-state index < -0.39 is 0 Å². The molecule has 5 nitrogen and oxygen atoms in total. The van der Waals surface area contributed by atoms with Crippen LogP contribution < -0.4 is 9.64 Å². The Morgan fingerprint density at radius 3 is 2.61 bits per heavy atom. The molecule has 0 unspecified atom stereocenters. The summed E-state index contributed by atoms with van der Waals surface area (Å²) < 4.78 is 5.88. The fraction of sp³-hybridized carbons (Fsp3) is 0.0800. The maximum Gasteiger partial charge on any atom is 2.00 e. The topological polar surface area (TPSA) is 55.3 Å². The van der Waals surface area contributed by atoms with Crippen molar-refractivity contribution in [2.24, 2.45) is 0 Å². The van der Waals surface area contributed by atoms with Crippen molar-refractivity contribution in [3.63, 3.8) is 0 Å². The molecule has 6 heteroatoms. The summed E-state index contributed by atoms with van der Waals surface area (Å²) in [6.07, 6.45) is 1.77. The second kappa shape index (κ2) is 10.1. The van der Waals surface area contributed by atoms with Crippen LogP contribution in [-0.2, 0) is 21.1 Å². The van der Waals surface area contributed by atoms with Crippen molar-refractivity contribution in [2.45, 2.75) is 0 Å². The van der Waals surface area contributed by atoms with Crippen LogP contribution in [0.2, 0.25) is 0 Å². The molecule has 2 aromatic carbocycles. The van der Waals surface area contributed by atoms with Crippen LogP contribution in [0.1, 0.15) is 16.1 Å². The first kappa shape index (κ1) is 22.4.